The number of pyridine rings is 1. The van der Waals surface area contributed by atoms with E-state index < -0.39 is 4.92 Å². The second kappa shape index (κ2) is 5.72. The van der Waals surface area contributed by atoms with Crippen molar-refractivity contribution in [2.45, 2.75) is 6.54 Å². The summed E-state index contributed by atoms with van der Waals surface area (Å²) in [6.45, 7) is 0.166. The molecule has 0 spiro atoms. The molecule has 2 heterocycles. The fourth-order valence-electron chi connectivity index (χ4n) is 2.10. The van der Waals surface area contributed by atoms with E-state index in [1.165, 1.54) is 17.0 Å². The molecular formula is C14H10BrN3O4. The average Bonchev–Trinajstić information content (AvgIpc) is 2.51. The number of carbonyl (C=O) groups excluding carboxylic acids is 1. The van der Waals surface area contributed by atoms with Crippen molar-refractivity contribution in [2.24, 2.45) is 0 Å². The van der Waals surface area contributed by atoms with Crippen LogP contribution in [0, 0.1) is 10.1 Å². The van der Waals surface area contributed by atoms with Gasteiger partial charge in [-0.15, -0.1) is 0 Å². The van der Waals surface area contributed by atoms with Crippen LogP contribution in [0.4, 0.5) is 11.6 Å². The molecule has 0 N–H and O–H groups in total. The summed E-state index contributed by atoms with van der Waals surface area (Å²) in [5.41, 5.74) is 0.887. The first-order chi connectivity index (χ1) is 10.5. The Balaban J connectivity index is 1.97. The maximum Gasteiger partial charge on any atom is 0.366 e. The van der Waals surface area contributed by atoms with Crippen molar-refractivity contribution in [3.63, 3.8) is 0 Å². The third kappa shape index (κ3) is 2.77. The van der Waals surface area contributed by atoms with Gasteiger partial charge in [0.2, 0.25) is 0 Å². The topological polar surface area (TPSA) is 85.6 Å². The van der Waals surface area contributed by atoms with Gasteiger partial charge in [-0.2, -0.15) is 0 Å². The molecule has 0 aliphatic carbocycles. The SMILES string of the molecule is O=C1COc2ccc([N+](=O)[O-])nc2N1Cc1ccc(Br)cc1. The Bertz CT molecular complexity index is 748. The van der Waals surface area contributed by atoms with Crippen LogP contribution in [0.1, 0.15) is 5.56 Å². The van der Waals surface area contributed by atoms with Gasteiger partial charge in [0.15, 0.2) is 12.4 Å². The lowest BCUT2D eigenvalue weighted by atomic mass is 10.2. The average molecular weight is 364 g/mol. The number of hydrogen-bond donors (Lipinski definition) is 0. The molecule has 1 aliphatic heterocycles. The quantitative estimate of drug-likeness (QED) is 0.618. The number of carbonyl (C=O) groups is 1. The lowest BCUT2D eigenvalue weighted by Crippen LogP contribution is -2.39. The van der Waals surface area contributed by atoms with Gasteiger partial charge >= 0.3 is 5.82 Å². The number of fused-ring (bicyclic) bond motifs is 1. The molecule has 0 radical (unpaired) electrons. The number of ether oxygens (including phenoxy) is 1. The highest BCUT2D eigenvalue weighted by atomic mass is 79.9. The molecule has 22 heavy (non-hydrogen) atoms. The lowest BCUT2D eigenvalue weighted by molar-refractivity contribution is -0.389. The Hall–Kier alpha value is -2.48. The highest BCUT2D eigenvalue weighted by Crippen LogP contribution is 2.33. The van der Waals surface area contributed by atoms with Gasteiger partial charge in [-0.3, -0.25) is 9.69 Å². The van der Waals surface area contributed by atoms with E-state index in [9.17, 15) is 14.9 Å². The van der Waals surface area contributed by atoms with Crippen LogP contribution in [0.15, 0.2) is 40.9 Å². The minimum atomic E-state index is -0.600. The van der Waals surface area contributed by atoms with E-state index in [1.54, 1.807) is 0 Å². The van der Waals surface area contributed by atoms with E-state index in [1.807, 2.05) is 24.3 Å². The summed E-state index contributed by atoms with van der Waals surface area (Å²) in [6.07, 6.45) is 0. The van der Waals surface area contributed by atoms with Crippen molar-refractivity contribution in [3.8, 4) is 5.75 Å². The molecule has 0 saturated heterocycles. The van der Waals surface area contributed by atoms with Gasteiger partial charge in [0.1, 0.15) is 0 Å². The summed E-state index contributed by atoms with van der Waals surface area (Å²) in [4.78, 5) is 27.7. The second-order valence-corrected chi connectivity index (χ2v) is 5.56. The zero-order chi connectivity index (χ0) is 15.7. The summed E-state index contributed by atoms with van der Waals surface area (Å²) < 4.78 is 6.20. The van der Waals surface area contributed by atoms with Gasteiger partial charge in [-0.05, 0) is 33.7 Å². The van der Waals surface area contributed by atoms with Gasteiger partial charge < -0.3 is 14.9 Å². The molecule has 1 aromatic heterocycles. The molecule has 0 bridgehead atoms. The molecule has 0 atom stereocenters. The van der Waals surface area contributed by atoms with Crippen molar-refractivity contribution in [1.29, 1.82) is 0 Å². The van der Waals surface area contributed by atoms with Crippen molar-refractivity contribution < 1.29 is 14.5 Å². The standard InChI is InChI=1S/C14H10BrN3O4/c15-10-3-1-9(2-4-10)7-17-13(19)8-22-11-5-6-12(18(20)21)16-14(11)17/h1-6H,7-8H2. The second-order valence-electron chi connectivity index (χ2n) is 4.64. The Kier molecular flexibility index (Phi) is 3.76. The molecule has 112 valence electrons. The maximum atomic E-state index is 12.1. The van der Waals surface area contributed by atoms with Crippen molar-refractivity contribution >= 4 is 33.5 Å². The van der Waals surface area contributed by atoms with Crippen LogP contribution in [-0.2, 0) is 11.3 Å². The summed E-state index contributed by atoms with van der Waals surface area (Å²) >= 11 is 3.35. The summed E-state index contributed by atoms with van der Waals surface area (Å²) in [6, 6.07) is 10.2. The molecule has 1 amide bonds. The Morgan fingerprint density at radius 2 is 2.00 bits per heavy atom. The Morgan fingerprint density at radius 3 is 2.68 bits per heavy atom. The molecule has 1 aliphatic rings. The van der Waals surface area contributed by atoms with Gasteiger partial charge in [0, 0.05) is 10.5 Å². The maximum absolute atomic E-state index is 12.1. The highest BCUT2D eigenvalue weighted by Gasteiger charge is 2.32. The van der Waals surface area contributed by atoms with Crippen LogP contribution in [0.5, 0.6) is 5.75 Å². The fourth-order valence-corrected chi connectivity index (χ4v) is 2.37. The number of nitrogens with zero attached hydrogens (tertiary/aromatic N) is 3. The number of benzene rings is 1. The molecule has 2 aromatic rings. The molecule has 0 fully saturated rings. The third-order valence-electron chi connectivity index (χ3n) is 3.17. The van der Waals surface area contributed by atoms with E-state index in [-0.39, 0.29) is 30.7 Å². The first-order valence-electron chi connectivity index (χ1n) is 6.37. The van der Waals surface area contributed by atoms with E-state index in [2.05, 4.69) is 20.9 Å². The zero-order valence-corrected chi connectivity index (χ0v) is 12.8. The third-order valence-corrected chi connectivity index (χ3v) is 3.70. The smallest absolute Gasteiger partial charge is 0.366 e. The Morgan fingerprint density at radius 1 is 1.27 bits per heavy atom. The zero-order valence-electron chi connectivity index (χ0n) is 11.2. The minimum absolute atomic E-state index is 0.108. The predicted octanol–water partition coefficient (Wildman–Crippen LogP) is 2.68. The van der Waals surface area contributed by atoms with Crippen molar-refractivity contribution in [2.75, 3.05) is 11.5 Å². The van der Waals surface area contributed by atoms with E-state index in [0.29, 0.717) is 5.75 Å². The first kappa shape index (κ1) is 14.5. The number of anilines is 1. The minimum Gasteiger partial charge on any atom is -0.477 e. The predicted molar refractivity (Wildman–Crippen MR) is 81.7 cm³/mol. The molecule has 1 aromatic carbocycles. The normalized spacial score (nSPS) is 13.5. The molecule has 0 unspecified atom stereocenters. The number of hydrogen-bond acceptors (Lipinski definition) is 5. The number of rotatable bonds is 3. The van der Waals surface area contributed by atoms with Crippen LogP contribution < -0.4 is 9.64 Å². The molecule has 8 heteroatoms. The summed E-state index contributed by atoms with van der Waals surface area (Å²) in [5, 5.41) is 10.9. The number of aromatic nitrogens is 1. The van der Waals surface area contributed by atoms with Crippen molar-refractivity contribution in [1.82, 2.24) is 4.98 Å². The van der Waals surface area contributed by atoms with Gasteiger partial charge in [-0.1, -0.05) is 28.1 Å². The van der Waals surface area contributed by atoms with Gasteiger partial charge in [0.25, 0.3) is 11.7 Å². The first-order valence-corrected chi connectivity index (χ1v) is 7.17. The summed E-state index contributed by atoms with van der Waals surface area (Å²) in [5.74, 6) is -0.0723. The molecule has 3 rings (SSSR count). The van der Waals surface area contributed by atoms with Crippen molar-refractivity contribution in [3.05, 3.63) is 56.5 Å². The molecule has 0 saturated carbocycles. The lowest BCUT2D eigenvalue weighted by Gasteiger charge is -2.25. The largest absolute Gasteiger partial charge is 0.477 e. The van der Waals surface area contributed by atoms with E-state index >= 15 is 0 Å². The Labute approximate surface area is 133 Å². The number of amides is 1. The van der Waals surface area contributed by atoms with Gasteiger partial charge in [-0.25, -0.2) is 0 Å². The number of halogens is 1. The van der Waals surface area contributed by atoms with Crippen LogP contribution >= 0.6 is 15.9 Å². The molecular weight excluding hydrogens is 354 g/mol. The van der Waals surface area contributed by atoms with Crippen LogP contribution in [0.3, 0.4) is 0 Å². The van der Waals surface area contributed by atoms with E-state index in [4.69, 9.17) is 4.74 Å². The van der Waals surface area contributed by atoms with Gasteiger partial charge in [0.05, 0.1) is 6.54 Å². The van der Waals surface area contributed by atoms with Crippen LogP contribution in [0.25, 0.3) is 0 Å². The number of nitro groups is 1. The summed E-state index contributed by atoms with van der Waals surface area (Å²) in [7, 11) is 0. The highest BCUT2D eigenvalue weighted by molar-refractivity contribution is 9.10. The monoisotopic (exact) mass is 363 g/mol. The van der Waals surface area contributed by atoms with E-state index in [0.717, 1.165) is 10.0 Å². The van der Waals surface area contributed by atoms with Crippen LogP contribution in [0.2, 0.25) is 0 Å². The molecule has 7 nitrogen and oxygen atoms in total. The van der Waals surface area contributed by atoms with Crippen LogP contribution in [-0.4, -0.2) is 22.4 Å². The fraction of sp³-hybridized carbons (Fsp3) is 0.143.